The molecule has 0 bridgehead atoms. The molecule has 0 aliphatic rings. The van der Waals surface area contributed by atoms with Gasteiger partial charge >= 0.3 is 0 Å². The summed E-state index contributed by atoms with van der Waals surface area (Å²) < 4.78 is 24.6. The van der Waals surface area contributed by atoms with E-state index in [1.54, 1.807) is 0 Å². The number of nitrogens with one attached hydrogen (secondary N) is 1. The molecule has 0 aliphatic carbocycles. The number of hydrogen-bond donors (Lipinski definition) is 2. The number of benzene rings is 1. The highest BCUT2D eigenvalue weighted by molar-refractivity contribution is 7.89. The first kappa shape index (κ1) is 22.8. The van der Waals surface area contributed by atoms with Gasteiger partial charge in [0, 0.05) is 0 Å². The Morgan fingerprint density at radius 2 is 1.25 bits per heavy atom. The number of hydrogen-bond acceptors (Lipinski definition) is 4. The highest BCUT2D eigenvalue weighted by Gasteiger charge is 2.25. The predicted octanol–water partition coefficient (Wildman–Crippen LogP) is 3.80. The number of ketones is 1. The Morgan fingerprint density at radius 3 is 1.46 bits per heavy atom. The van der Waals surface area contributed by atoms with Gasteiger partial charge in [-0.2, -0.15) is 4.83 Å². The van der Waals surface area contributed by atoms with Gasteiger partial charge < -0.3 is 4.79 Å². The zero-order valence-corrected chi connectivity index (χ0v) is 16.9. The molecule has 24 heavy (non-hydrogen) atoms. The fourth-order valence-corrected chi connectivity index (χ4v) is 3.59. The van der Waals surface area contributed by atoms with E-state index in [0.717, 1.165) is 16.7 Å². The maximum atomic E-state index is 12.3. The van der Waals surface area contributed by atoms with Crippen LogP contribution in [0.1, 0.15) is 89.8 Å². The van der Waals surface area contributed by atoms with Crippen LogP contribution < -0.4 is 10.7 Å². The summed E-state index contributed by atoms with van der Waals surface area (Å²) in [5.74, 6) is 5.99. The molecular formula is C18H32N2O3S. The summed E-state index contributed by atoms with van der Waals surface area (Å²) in [7, 11) is -3.66. The lowest BCUT2D eigenvalue weighted by Crippen LogP contribution is -2.32. The van der Waals surface area contributed by atoms with Crippen molar-refractivity contribution in [1.82, 2.24) is 4.83 Å². The maximum absolute atomic E-state index is 12.3. The van der Waals surface area contributed by atoms with Crippen LogP contribution in [0.25, 0.3) is 0 Å². The van der Waals surface area contributed by atoms with Gasteiger partial charge in [0.2, 0.25) is 0 Å². The smallest absolute Gasteiger partial charge is 0.253 e. The second-order valence-electron chi connectivity index (χ2n) is 7.02. The number of rotatable bonds is 5. The van der Waals surface area contributed by atoms with Crippen molar-refractivity contribution >= 4 is 15.8 Å². The molecule has 138 valence electrons. The molecule has 0 saturated heterocycles. The van der Waals surface area contributed by atoms with E-state index < -0.39 is 10.0 Å². The fourth-order valence-electron chi connectivity index (χ4n) is 2.26. The quantitative estimate of drug-likeness (QED) is 0.620. The zero-order valence-electron chi connectivity index (χ0n) is 16.1. The molecule has 0 spiro atoms. The minimum absolute atomic E-state index is 0.115. The van der Waals surface area contributed by atoms with Crippen molar-refractivity contribution in [1.29, 1.82) is 0 Å². The normalized spacial score (nSPS) is 11.7. The van der Waals surface area contributed by atoms with Gasteiger partial charge in [-0.05, 0) is 48.3 Å². The Morgan fingerprint density at radius 1 is 0.917 bits per heavy atom. The zero-order chi connectivity index (χ0) is 19.2. The monoisotopic (exact) mass is 356 g/mol. The molecule has 1 aromatic carbocycles. The van der Waals surface area contributed by atoms with Crippen LogP contribution >= 0.6 is 0 Å². The van der Waals surface area contributed by atoms with E-state index in [1.807, 2.05) is 44.7 Å². The third kappa shape index (κ3) is 6.34. The number of sulfonamides is 1. The van der Waals surface area contributed by atoms with Gasteiger partial charge in [-0.15, -0.1) is 0 Å². The Labute approximate surface area is 147 Å². The van der Waals surface area contributed by atoms with E-state index in [0.29, 0.717) is 10.8 Å². The molecule has 1 rings (SSSR count). The molecule has 0 amide bonds. The van der Waals surface area contributed by atoms with Crippen LogP contribution in [-0.4, -0.2) is 14.2 Å². The third-order valence-corrected chi connectivity index (χ3v) is 4.82. The summed E-state index contributed by atoms with van der Waals surface area (Å²) >= 11 is 0. The number of Topliss-reactive ketones (excluding diaryl/α,β-unsaturated/α-hetero) is 1. The van der Waals surface area contributed by atoms with Crippen molar-refractivity contribution in [2.45, 2.75) is 78.0 Å². The van der Waals surface area contributed by atoms with Crippen LogP contribution in [0.2, 0.25) is 0 Å². The Balaban J connectivity index is 0.00000118. The van der Waals surface area contributed by atoms with Gasteiger partial charge in [-0.1, -0.05) is 53.7 Å². The highest BCUT2D eigenvalue weighted by atomic mass is 32.2. The van der Waals surface area contributed by atoms with Gasteiger partial charge in [-0.3, -0.25) is 5.84 Å². The molecule has 5 nitrogen and oxygen atoms in total. The molecule has 0 atom stereocenters. The van der Waals surface area contributed by atoms with Crippen molar-refractivity contribution in [3.8, 4) is 0 Å². The average Bonchev–Trinajstić information content (AvgIpc) is 2.44. The Bertz CT molecular complexity index is 630. The number of hydrazine groups is 1. The lowest BCUT2D eigenvalue weighted by molar-refractivity contribution is -0.114. The van der Waals surface area contributed by atoms with Crippen LogP contribution in [0.15, 0.2) is 17.0 Å². The number of carbonyl (C=O) groups excluding carboxylic acids is 1. The van der Waals surface area contributed by atoms with Crippen LogP contribution in [-0.2, 0) is 14.8 Å². The van der Waals surface area contributed by atoms with E-state index in [2.05, 4.69) is 13.8 Å². The first-order valence-electron chi connectivity index (χ1n) is 8.22. The molecule has 3 N–H and O–H groups in total. The van der Waals surface area contributed by atoms with Crippen molar-refractivity contribution in [2.24, 2.45) is 5.84 Å². The summed E-state index contributed by atoms with van der Waals surface area (Å²) in [6.07, 6.45) is 0. The summed E-state index contributed by atoms with van der Waals surface area (Å²) in [5.41, 5.74) is 2.82. The van der Waals surface area contributed by atoms with Crippen LogP contribution in [0.4, 0.5) is 0 Å². The van der Waals surface area contributed by atoms with Crippen molar-refractivity contribution in [3.63, 3.8) is 0 Å². The van der Waals surface area contributed by atoms with Crippen LogP contribution in [0, 0.1) is 0 Å². The summed E-state index contributed by atoms with van der Waals surface area (Å²) in [4.78, 5) is 11.8. The largest absolute Gasteiger partial charge is 0.300 e. The fraction of sp³-hybridized carbons (Fsp3) is 0.611. The second kappa shape index (κ2) is 9.30. The topological polar surface area (TPSA) is 89.3 Å². The van der Waals surface area contributed by atoms with E-state index in [-0.39, 0.29) is 17.6 Å². The molecule has 0 unspecified atom stereocenters. The molecule has 0 heterocycles. The first-order chi connectivity index (χ1) is 10.8. The molecule has 0 fully saturated rings. The van der Waals surface area contributed by atoms with Gasteiger partial charge in [0.1, 0.15) is 5.78 Å². The lowest BCUT2D eigenvalue weighted by atomic mass is 9.89. The average molecular weight is 357 g/mol. The van der Waals surface area contributed by atoms with Crippen LogP contribution in [0.5, 0.6) is 0 Å². The predicted molar refractivity (Wildman–Crippen MR) is 99.6 cm³/mol. The van der Waals surface area contributed by atoms with Gasteiger partial charge in [-0.25, -0.2) is 8.42 Å². The van der Waals surface area contributed by atoms with E-state index in [9.17, 15) is 13.2 Å². The minimum Gasteiger partial charge on any atom is -0.300 e. The van der Waals surface area contributed by atoms with Crippen molar-refractivity contribution in [2.75, 3.05) is 0 Å². The molecule has 0 aromatic heterocycles. The Kier molecular flexibility index (Phi) is 8.82. The first-order valence-corrected chi connectivity index (χ1v) is 9.70. The molecule has 0 saturated carbocycles. The summed E-state index contributed by atoms with van der Waals surface area (Å²) in [6, 6.07) is 3.98. The number of nitrogens with two attached hydrogens (primary N) is 1. The van der Waals surface area contributed by atoms with E-state index >= 15 is 0 Å². The van der Waals surface area contributed by atoms with Crippen molar-refractivity contribution < 1.29 is 13.2 Å². The Hall–Kier alpha value is -1.24. The molecule has 0 aliphatic heterocycles. The standard InChI is InChI=1S/C15H26N2O2S.C3H6O/c1-9(2)12-7-13(10(3)4)15(20(18,19)17-16)14(8-12)11(5)6;1-3(2)4/h7-11,17H,16H2,1-6H3;1-2H3. The molecule has 1 aromatic rings. The summed E-state index contributed by atoms with van der Waals surface area (Å²) in [6.45, 7) is 15.3. The third-order valence-electron chi connectivity index (χ3n) is 3.50. The molecular weight excluding hydrogens is 324 g/mol. The lowest BCUT2D eigenvalue weighted by Gasteiger charge is -2.22. The van der Waals surface area contributed by atoms with Crippen molar-refractivity contribution in [3.05, 3.63) is 28.8 Å². The molecule has 6 heteroatoms. The summed E-state index contributed by atoms with van der Waals surface area (Å²) in [5, 5.41) is 0. The maximum Gasteiger partial charge on any atom is 0.253 e. The van der Waals surface area contributed by atoms with Crippen LogP contribution in [0.3, 0.4) is 0 Å². The second-order valence-corrected chi connectivity index (χ2v) is 8.67. The molecule has 0 radical (unpaired) electrons. The van der Waals surface area contributed by atoms with E-state index in [1.165, 1.54) is 13.8 Å². The highest BCUT2D eigenvalue weighted by Crippen LogP contribution is 2.34. The van der Waals surface area contributed by atoms with E-state index in [4.69, 9.17) is 5.84 Å². The minimum atomic E-state index is -3.66. The van der Waals surface area contributed by atoms with Gasteiger partial charge in [0.25, 0.3) is 10.0 Å². The SMILES string of the molecule is CC(C)=O.CC(C)c1cc(C(C)C)c(S(=O)(=O)NN)c(C(C)C)c1. The van der Waals surface area contributed by atoms with Gasteiger partial charge in [0.05, 0.1) is 4.90 Å². The number of carbonyl (C=O) groups is 1. The van der Waals surface area contributed by atoms with Gasteiger partial charge in [0.15, 0.2) is 0 Å².